The van der Waals surface area contributed by atoms with Crippen LogP contribution in [-0.4, -0.2) is 38.9 Å². The van der Waals surface area contributed by atoms with Gasteiger partial charge in [0.2, 0.25) is 0 Å². The number of aromatic nitrogens is 3. The second-order valence-electron chi connectivity index (χ2n) is 8.82. The van der Waals surface area contributed by atoms with Gasteiger partial charge in [0.25, 0.3) is 0 Å². The summed E-state index contributed by atoms with van der Waals surface area (Å²) in [4.78, 5) is 27.8. The van der Waals surface area contributed by atoms with Gasteiger partial charge in [-0.1, -0.05) is 12.1 Å². The minimum Gasteiger partial charge on any atom is -0.303 e. The van der Waals surface area contributed by atoms with E-state index in [1.807, 2.05) is 0 Å². The molecule has 1 spiro atoms. The topological polar surface area (TPSA) is 60.1 Å². The van der Waals surface area contributed by atoms with Gasteiger partial charge in [0, 0.05) is 19.5 Å². The molecule has 3 heterocycles. The van der Waals surface area contributed by atoms with Gasteiger partial charge in [-0.15, -0.1) is 0 Å². The van der Waals surface area contributed by atoms with Crippen molar-refractivity contribution in [2.45, 2.75) is 45.2 Å². The highest BCUT2D eigenvalue weighted by molar-refractivity contribution is 5.16. The maximum Gasteiger partial charge on any atom is 0.332 e. The average molecular weight is 384 g/mol. The Balaban J connectivity index is 1.36. The largest absolute Gasteiger partial charge is 0.332 e. The van der Waals surface area contributed by atoms with E-state index in [9.17, 15) is 14.0 Å². The van der Waals surface area contributed by atoms with Crippen molar-refractivity contribution in [2.24, 2.45) is 11.3 Å². The normalized spacial score (nSPS) is 21.2. The molecule has 0 radical (unpaired) electrons. The Labute approximate surface area is 162 Å². The van der Waals surface area contributed by atoms with Crippen molar-refractivity contribution in [1.82, 2.24) is 19.2 Å². The monoisotopic (exact) mass is 384 g/mol. The molecule has 0 unspecified atom stereocenters. The lowest BCUT2D eigenvalue weighted by Crippen LogP contribution is -2.44. The van der Waals surface area contributed by atoms with Crippen LogP contribution in [0.2, 0.25) is 0 Å². The molecule has 2 aliphatic heterocycles. The highest BCUT2D eigenvalue weighted by atomic mass is 19.1. The van der Waals surface area contributed by atoms with Crippen molar-refractivity contribution in [3.05, 3.63) is 62.2 Å². The van der Waals surface area contributed by atoms with Gasteiger partial charge in [-0.2, -0.15) is 5.10 Å². The van der Waals surface area contributed by atoms with Gasteiger partial charge in [0.15, 0.2) is 0 Å². The Morgan fingerprint density at radius 3 is 2.46 bits per heavy atom. The SMILES string of the molecule is O=c1c(=O)n2c(nn1Cc1ccc(F)cc1)CC1(CCN(CC3CC3)CC1)C2. The number of likely N-dealkylation sites (tertiary alicyclic amines) is 1. The minimum atomic E-state index is -0.601. The quantitative estimate of drug-likeness (QED) is 0.752. The van der Waals surface area contributed by atoms with Crippen molar-refractivity contribution in [1.29, 1.82) is 0 Å². The Morgan fingerprint density at radius 2 is 1.79 bits per heavy atom. The van der Waals surface area contributed by atoms with Crippen LogP contribution in [0.4, 0.5) is 4.39 Å². The third-order valence-corrected chi connectivity index (χ3v) is 6.61. The second kappa shape index (κ2) is 6.65. The van der Waals surface area contributed by atoms with Gasteiger partial charge in [0.05, 0.1) is 6.54 Å². The smallest absolute Gasteiger partial charge is 0.303 e. The Bertz CT molecular complexity index is 999. The summed E-state index contributed by atoms with van der Waals surface area (Å²) in [7, 11) is 0. The maximum atomic E-state index is 13.1. The van der Waals surface area contributed by atoms with Gasteiger partial charge in [0.1, 0.15) is 11.6 Å². The summed E-state index contributed by atoms with van der Waals surface area (Å²) in [6.07, 6.45) is 5.59. The molecule has 0 amide bonds. The molecule has 2 aromatic rings. The fourth-order valence-electron chi connectivity index (χ4n) is 4.68. The predicted octanol–water partition coefficient (Wildman–Crippen LogP) is 1.64. The van der Waals surface area contributed by atoms with E-state index in [0.29, 0.717) is 12.4 Å². The first-order valence-corrected chi connectivity index (χ1v) is 10.2. The molecule has 0 atom stereocenters. The van der Waals surface area contributed by atoms with E-state index >= 15 is 0 Å². The lowest BCUT2D eigenvalue weighted by Gasteiger charge is -2.38. The number of halogens is 1. The molecule has 1 aliphatic carbocycles. The second-order valence-corrected chi connectivity index (χ2v) is 8.82. The number of nitrogens with zero attached hydrogens (tertiary/aromatic N) is 4. The summed E-state index contributed by atoms with van der Waals surface area (Å²) in [6, 6.07) is 5.94. The highest BCUT2D eigenvalue weighted by Gasteiger charge is 2.42. The predicted molar refractivity (Wildman–Crippen MR) is 103 cm³/mol. The molecule has 1 saturated heterocycles. The van der Waals surface area contributed by atoms with E-state index < -0.39 is 11.1 Å². The highest BCUT2D eigenvalue weighted by Crippen LogP contribution is 2.41. The van der Waals surface area contributed by atoms with Gasteiger partial charge < -0.3 is 4.90 Å². The molecule has 1 saturated carbocycles. The Kier molecular flexibility index (Phi) is 4.23. The summed E-state index contributed by atoms with van der Waals surface area (Å²) in [5.41, 5.74) is -0.275. The summed E-state index contributed by atoms with van der Waals surface area (Å²) in [5.74, 6) is 1.28. The number of fused-ring (bicyclic) bond motifs is 1. The number of hydrogen-bond acceptors (Lipinski definition) is 4. The Hall–Kier alpha value is -2.28. The van der Waals surface area contributed by atoms with Crippen molar-refractivity contribution >= 4 is 0 Å². The summed E-state index contributed by atoms with van der Waals surface area (Å²) in [6.45, 7) is 4.14. The lowest BCUT2D eigenvalue weighted by atomic mass is 9.77. The summed E-state index contributed by atoms with van der Waals surface area (Å²) >= 11 is 0. The average Bonchev–Trinajstić information content (AvgIpc) is 3.44. The van der Waals surface area contributed by atoms with Crippen LogP contribution in [0.25, 0.3) is 0 Å². The van der Waals surface area contributed by atoms with Crippen LogP contribution in [0.15, 0.2) is 33.9 Å². The van der Waals surface area contributed by atoms with Crippen LogP contribution in [0, 0.1) is 17.2 Å². The van der Waals surface area contributed by atoms with Crippen molar-refractivity contribution in [2.75, 3.05) is 19.6 Å². The summed E-state index contributed by atoms with van der Waals surface area (Å²) < 4.78 is 15.9. The third-order valence-electron chi connectivity index (χ3n) is 6.61. The zero-order valence-electron chi connectivity index (χ0n) is 15.9. The first-order chi connectivity index (χ1) is 13.5. The van der Waals surface area contributed by atoms with E-state index in [1.54, 1.807) is 16.7 Å². The Morgan fingerprint density at radius 1 is 1.07 bits per heavy atom. The van der Waals surface area contributed by atoms with Gasteiger partial charge in [-0.25, -0.2) is 9.07 Å². The molecule has 1 aromatic heterocycles. The maximum absolute atomic E-state index is 13.1. The minimum absolute atomic E-state index is 0.0563. The molecule has 148 valence electrons. The molecule has 6 nitrogen and oxygen atoms in total. The van der Waals surface area contributed by atoms with E-state index in [0.717, 1.165) is 43.8 Å². The molecule has 0 bridgehead atoms. The van der Waals surface area contributed by atoms with Gasteiger partial charge >= 0.3 is 11.1 Å². The molecule has 3 aliphatic rings. The number of piperidine rings is 1. The molecule has 2 fully saturated rings. The summed E-state index contributed by atoms with van der Waals surface area (Å²) in [5, 5.41) is 4.52. The molecular formula is C21H25FN4O2. The van der Waals surface area contributed by atoms with Crippen molar-refractivity contribution in [3.8, 4) is 0 Å². The van der Waals surface area contributed by atoms with E-state index in [-0.39, 0.29) is 17.8 Å². The fraction of sp³-hybridized carbons (Fsp3) is 0.571. The van der Waals surface area contributed by atoms with Gasteiger partial charge in [-0.05, 0) is 67.8 Å². The van der Waals surface area contributed by atoms with Crippen LogP contribution < -0.4 is 11.1 Å². The zero-order chi connectivity index (χ0) is 19.3. The zero-order valence-corrected chi connectivity index (χ0v) is 15.9. The molecule has 1 aromatic carbocycles. The van der Waals surface area contributed by atoms with E-state index in [1.165, 1.54) is 36.2 Å². The van der Waals surface area contributed by atoms with Crippen LogP contribution in [-0.2, 0) is 19.5 Å². The fourth-order valence-corrected chi connectivity index (χ4v) is 4.68. The third kappa shape index (κ3) is 3.32. The van der Waals surface area contributed by atoms with E-state index in [4.69, 9.17) is 0 Å². The molecule has 28 heavy (non-hydrogen) atoms. The number of rotatable bonds is 4. The number of benzene rings is 1. The van der Waals surface area contributed by atoms with Crippen molar-refractivity contribution in [3.63, 3.8) is 0 Å². The van der Waals surface area contributed by atoms with Gasteiger partial charge in [-0.3, -0.25) is 14.2 Å². The molecular weight excluding hydrogens is 359 g/mol. The molecule has 5 rings (SSSR count). The molecule has 7 heteroatoms. The van der Waals surface area contributed by atoms with Crippen LogP contribution in [0.3, 0.4) is 0 Å². The first-order valence-electron chi connectivity index (χ1n) is 10.2. The first kappa shape index (κ1) is 17.8. The van der Waals surface area contributed by atoms with Crippen LogP contribution in [0.1, 0.15) is 37.1 Å². The van der Waals surface area contributed by atoms with E-state index in [2.05, 4.69) is 10.00 Å². The number of hydrogen-bond donors (Lipinski definition) is 0. The van der Waals surface area contributed by atoms with Crippen LogP contribution >= 0.6 is 0 Å². The van der Waals surface area contributed by atoms with Crippen LogP contribution in [0.5, 0.6) is 0 Å². The standard InChI is InChI=1S/C21H25FN4O2/c22-17-5-3-16(4-6-17)13-26-20(28)19(27)25-14-21(11-18(25)23-26)7-9-24(10-8-21)12-15-1-2-15/h3-6,15H,1-2,7-14H2. The molecule has 0 N–H and O–H groups in total. The lowest BCUT2D eigenvalue weighted by molar-refractivity contribution is 0.0994. The van der Waals surface area contributed by atoms with Crippen molar-refractivity contribution < 1.29 is 4.39 Å².